The van der Waals surface area contributed by atoms with Crippen LogP contribution in [-0.4, -0.2) is 4.57 Å². The van der Waals surface area contributed by atoms with Gasteiger partial charge in [0.2, 0.25) is 0 Å². The van der Waals surface area contributed by atoms with Crippen molar-refractivity contribution in [3.63, 3.8) is 0 Å². The van der Waals surface area contributed by atoms with Gasteiger partial charge in [0.15, 0.2) is 5.43 Å². The molecule has 0 aliphatic carbocycles. The molecule has 1 aromatic heterocycles. The number of hydrogen-bond acceptors (Lipinski definition) is 2. The van der Waals surface area contributed by atoms with E-state index in [0.717, 1.165) is 6.07 Å². The molecule has 0 amide bonds. The zero-order valence-electron chi connectivity index (χ0n) is 9.65. The topological polar surface area (TPSA) is 22.0 Å². The number of halogens is 2. The lowest BCUT2D eigenvalue weighted by molar-refractivity contribution is 0.576. The zero-order valence-corrected chi connectivity index (χ0v) is 10.5. The van der Waals surface area contributed by atoms with E-state index >= 15 is 0 Å². The molecule has 94 valence electrons. The van der Waals surface area contributed by atoms with Gasteiger partial charge in [0.1, 0.15) is 11.6 Å². The minimum Gasteiger partial charge on any atom is -0.318 e. The highest BCUT2D eigenvalue weighted by molar-refractivity contribution is 7.79. The van der Waals surface area contributed by atoms with Gasteiger partial charge in [-0.15, -0.1) is 0 Å². The molecule has 0 unspecified atom stereocenters. The van der Waals surface area contributed by atoms with Gasteiger partial charge >= 0.3 is 0 Å². The third-order valence-electron chi connectivity index (χ3n) is 2.66. The number of aromatic nitrogens is 1. The number of rotatable bonds is 2. The molecule has 2 rings (SSSR count). The van der Waals surface area contributed by atoms with Crippen LogP contribution in [0.4, 0.5) is 8.78 Å². The largest absolute Gasteiger partial charge is 0.318 e. The smallest absolute Gasteiger partial charge is 0.185 e. The summed E-state index contributed by atoms with van der Waals surface area (Å²) in [5.74, 6) is -1.04. The molecule has 0 spiro atoms. The highest BCUT2D eigenvalue weighted by Crippen LogP contribution is 2.17. The van der Waals surface area contributed by atoms with Crippen LogP contribution in [0.2, 0.25) is 0 Å². The number of aryl methyl sites for hydroxylation is 1. The maximum atomic E-state index is 13.7. The normalized spacial score (nSPS) is 10.7. The lowest BCUT2D eigenvalue weighted by atomic mass is 10.2. The van der Waals surface area contributed by atoms with Crippen molar-refractivity contribution in [2.75, 3.05) is 0 Å². The van der Waals surface area contributed by atoms with Gasteiger partial charge in [0.25, 0.3) is 0 Å². The second-order valence-electron chi connectivity index (χ2n) is 3.93. The Hall–Kier alpha value is -1.62. The lowest BCUT2D eigenvalue weighted by Crippen LogP contribution is -2.13. The van der Waals surface area contributed by atoms with Crippen molar-refractivity contribution in [3.8, 4) is 5.69 Å². The summed E-state index contributed by atoms with van der Waals surface area (Å²) in [6.45, 7) is 1.69. The second-order valence-corrected chi connectivity index (χ2v) is 4.24. The Kier molecular flexibility index (Phi) is 3.52. The molecular weight excluding hydrogens is 256 g/mol. The predicted molar refractivity (Wildman–Crippen MR) is 69.4 cm³/mol. The Labute approximate surface area is 108 Å². The van der Waals surface area contributed by atoms with Crippen molar-refractivity contribution < 1.29 is 8.78 Å². The molecule has 2 nitrogen and oxygen atoms in total. The van der Waals surface area contributed by atoms with Crippen LogP contribution in [0.25, 0.3) is 5.69 Å². The van der Waals surface area contributed by atoms with Crippen LogP contribution in [0.1, 0.15) is 11.3 Å². The van der Waals surface area contributed by atoms with E-state index in [1.807, 2.05) is 0 Å². The molecule has 0 saturated heterocycles. The minimum atomic E-state index is -0.674. The number of nitrogens with zero attached hydrogens (tertiary/aromatic N) is 1. The standard InChI is InChI=1S/C13H11F2NOS/c1-8-4-13(17)9(7-18)6-16(8)12-3-2-10(14)5-11(12)15/h2-6,18H,7H2,1H3. The number of hydrogen-bond donors (Lipinski definition) is 1. The maximum Gasteiger partial charge on any atom is 0.185 e. The van der Waals surface area contributed by atoms with Gasteiger partial charge < -0.3 is 4.57 Å². The van der Waals surface area contributed by atoms with E-state index < -0.39 is 11.6 Å². The SMILES string of the molecule is Cc1cc(=O)c(CS)cn1-c1ccc(F)cc1F. The first-order valence-corrected chi connectivity index (χ1v) is 5.94. The summed E-state index contributed by atoms with van der Waals surface area (Å²) in [6.07, 6.45) is 1.53. The maximum absolute atomic E-state index is 13.7. The summed E-state index contributed by atoms with van der Waals surface area (Å²) in [5.41, 5.74) is 1.11. The van der Waals surface area contributed by atoms with Crippen LogP contribution in [-0.2, 0) is 5.75 Å². The number of benzene rings is 1. The van der Waals surface area contributed by atoms with Crippen LogP contribution in [0.3, 0.4) is 0 Å². The quantitative estimate of drug-likeness (QED) is 0.830. The zero-order chi connectivity index (χ0) is 13.3. The van der Waals surface area contributed by atoms with Gasteiger partial charge in [-0.2, -0.15) is 12.6 Å². The average molecular weight is 267 g/mol. The van der Waals surface area contributed by atoms with Crippen molar-refractivity contribution in [1.82, 2.24) is 4.57 Å². The van der Waals surface area contributed by atoms with Gasteiger partial charge in [-0.05, 0) is 19.1 Å². The number of thiol groups is 1. The van der Waals surface area contributed by atoms with Gasteiger partial charge in [-0.3, -0.25) is 4.79 Å². The fraction of sp³-hybridized carbons (Fsp3) is 0.154. The van der Waals surface area contributed by atoms with Gasteiger partial charge in [-0.1, -0.05) is 0 Å². The summed E-state index contributed by atoms with van der Waals surface area (Å²) >= 11 is 4.05. The molecule has 1 heterocycles. The van der Waals surface area contributed by atoms with E-state index in [1.54, 1.807) is 6.92 Å². The number of pyridine rings is 1. The van der Waals surface area contributed by atoms with Gasteiger partial charge in [0, 0.05) is 35.3 Å². The first kappa shape index (κ1) is 12.8. The molecule has 0 aliphatic heterocycles. The molecule has 18 heavy (non-hydrogen) atoms. The third-order valence-corrected chi connectivity index (χ3v) is 3.00. The summed E-state index contributed by atoms with van der Waals surface area (Å²) in [4.78, 5) is 11.6. The highest BCUT2D eigenvalue weighted by atomic mass is 32.1. The second kappa shape index (κ2) is 4.94. The monoisotopic (exact) mass is 267 g/mol. The summed E-state index contributed by atoms with van der Waals surface area (Å²) < 4.78 is 28.1. The molecule has 0 N–H and O–H groups in total. The van der Waals surface area contributed by atoms with Crippen LogP contribution in [0.5, 0.6) is 0 Å². The summed E-state index contributed by atoms with van der Waals surface area (Å²) in [7, 11) is 0. The molecule has 1 aromatic carbocycles. The molecule has 0 atom stereocenters. The Balaban J connectivity index is 2.67. The van der Waals surface area contributed by atoms with Gasteiger partial charge in [-0.25, -0.2) is 8.78 Å². The van der Waals surface area contributed by atoms with E-state index in [-0.39, 0.29) is 16.9 Å². The average Bonchev–Trinajstić information content (AvgIpc) is 2.30. The first-order valence-electron chi connectivity index (χ1n) is 5.31. The summed E-state index contributed by atoms with van der Waals surface area (Å²) in [6, 6.07) is 4.74. The Morgan fingerprint density at radius 1 is 1.28 bits per heavy atom. The first-order chi connectivity index (χ1) is 8.52. The summed E-state index contributed by atoms with van der Waals surface area (Å²) in [5, 5.41) is 0. The molecular formula is C13H11F2NOS. The van der Waals surface area contributed by atoms with Crippen molar-refractivity contribution in [3.05, 3.63) is 63.6 Å². The van der Waals surface area contributed by atoms with Crippen LogP contribution < -0.4 is 5.43 Å². The van der Waals surface area contributed by atoms with Crippen molar-refractivity contribution in [2.24, 2.45) is 0 Å². The fourth-order valence-corrected chi connectivity index (χ4v) is 1.97. The third kappa shape index (κ3) is 2.31. The van der Waals surface area contributed by atoms with Crippen molar-refractivity contribution >= 4 is 12.6 Å². The molecule has 0 aliphatic rings. The molecule has 0 saturated carbocycles. The highest BCUT2D eigenvalue weighted by Gasteiger charge is 2.09. The molecule has 0 radical (unpaired) electrons. The molecule has 0 bridgehead atoms. The fourth-order valence-electron chi connectivity index (χ4n) is 1.73. The Morgan fingerprint density at radius 3 is 2.61 bits per heavy atom. The van der Waals surface area contributed by atoms with E-state index in [1.165, 1.54) is 29.0 Å². The Bertz CT molecular complexity index is 652. The molecule has 0 fully saturated rings. The van der Waals surface area contributed by atoms with E-state index in [2.05, 4.69) is 12.6 Å². The molecule has 2 aromatic rings. The minimum absolute atomic E-state index is 0.138. The van der Waals surface area contributed by atoms with E-state index in [9.17, 15) is 13.6 Å². The van der Waals surface area contributed by atoms with Crippen LogP contribution >= 0.6 is 12.6 Å². The predicted octanol–water partition coefficient (Wildman–Crippen LogP) is 2.85. The van der Waals surface area contributed by atoms with Crippen molar-refractivity contribution in [2.45, 2.75) is 12.7 Å². The van der Waals surface area contributed by atoms with Crippen LogP contribution in [0.15, 0.2) is 35.3 Å². The molecule has 5 heteroatoms. The Morgan fingerprint density at radius 2 is 2.00 bits per heavy atom. The van der Waals surface area contributed by atoms with E-state index in [4.69, 9.17) is 0 Å². The van der Waals surface area contributed by atoms with Gasteiger partial charge in [0.05, 0.1) is 5.69 Å². The van der Waals surface area contributed by atoms with E-state index in [0.29, 0.717) is 11.3 Å². The van der Waals surface area contributed by atoms with Crippen LogP contribution in [0, 0.1) is 18.6 Å². The van der Waals surface area contributed by atoms with Crippen molar-refractivity contribution in [1.29, 1.82) is 0 Å². The lowest BCUT2D eigenvalue weighted by Gasteiger charge is -2.13.